The first-order valence-electron chi connectivity index (χ1n) is 6.86. The fourth-order valence-corrected chi connectivity index (χ4v) is 2.55. The highest BCUT2D eigenvalue weighted by atomic mass is 16.5. The van der Waals surface area contributed by atoms with Gasteiger partial charge in [0.2, 0.25) is 5.88 Å². The minimum Gasteiger partial charge on any atom is -0.481 e. The first-order chi connectivity index (χ1) is 10.3. The zero-order valence-corrected chi connectivity index (χ0v) is 11.9. The summed E-state index contributed by atoms with van der Waals surface area (Å²) in [7, 11) is 1.56. The number of aliphatic hydroxyl groups is 1. The van der Waals surface area contributed by atoms with E-state index in [1.807, 2.05) is 42.5 Å². The molecule has 108 valence electrons. The van der Waals surface area contributed by atoms with Crippen LogP contribution in [0.15, 0.2) is 48.7 Å². The standard InChI is InChI=1S/C17H18N2O2/c1-21-17-15(8-5-10-19-17)14(9-11-20)16(12-18)13-6-3-2-4-7-13/h2-8,10,14,16,20H,9,11H2,1H3/t14-,16-/m0/s1. The summed E-state index contributed by atoms with van der Waals surface area (Å²) < 4.78 is 5.30. The Balaban J connectivity index is 2.44. The van der Waals surface area contributed by atoms with Crippen molar-refractivity contribution in [3.8, 4) is 11.9 Å². The molecule has 0 amide bonds. The summed E-state index contributed by atoms with van der Waals surface area (Å²) in [6, 6.07) is 15.7. The fourth-order valence-electron chi connectivity index (χ4n) is 2.55. The second kappa shape index (κ2) is 7.41. The molecule has 2 atom stereocenters. The molecule has 0 aliphatic carbocycles. The predicted molar refractivity (Wildman–Crippen MR) is 80.0 cm³/mol. The largest absolute Gasteiger partial charge is 0.481 e. The molecule has 21 heavy (non-hydrogen) atoms. The molecule has 0 saturated carbocycles. The van der Waals surface area contributed by atoms with Crippen molar-refractivity contribution in [2.75, 3.05) is 13.7 Å². The minimum absolute atomic E-state index is 0.00767. The highest BCUT2D eigenvalue weighted by Gasteiger charge is 2.27. The molecule has 2 rings (SSSR count). The molecule has 2 aromatic rings. The van der Waals surface area contributed by atoms with Gasteiger partial charge in [-0.25, -0.2) is 4.98 Å². The van der Waals surface area contributed by atoms with Gasteiger partial charge in [-0.05, 0) is 18.1 Å². The van der Waals surface area contributed by atoms with Gasteiger partial charge in [-0.2, -0.15) is 5.26 Å². The molecule has 0 aliphatic rings. The van der Waals surface area contributed by atoms with Gasteiger partial charge in [-0.1, -0.05) is 36.4 Å². The maximum absolute atomic E-state index is 9.61. The number of rotatable bonds is 6. The number of hydrogen-bond donors (Lipinski definition) is 1. The van der Waals surface area contributed by atoms with Crippen molar-refractivity contribution in [2.45, 2.75) is 18.3 Å². The number of benzene rings is 1. The van der Waals surface area contributed by atoms with Crippen LogP contribution in [0, 0.1) is 11.3 Å². The highest BCUT2D eigenvalue weighted by Crippen LogP contribution is 2.38. The molecule has 4 nitrogen and oxygen atoms in total. The van der Waals surface area contributed by atoms with Crippen molar-refractivity contribution in [1.82, 2.24) is 4.98 Å². The van der Waals surface area contributed by atoms with E-state index in [9.17, 15) is 10.4 Å². The van der Waals surface area contributed by atoms with Crippen LogP contribution in [0.2, 0.25) is 0 Å². The minimum atomic E-state index is -0.351. The Morgan fingerprint density at radius 2 is 2.00 bits per heavy atom. The van der Waals surface area contributed by atoms with Gasteiger partial charge < -0.3 is 9.84 Å². The van der Waals surface area contributed by atoms with Gasteiger partial charge in [0.1, 0.15) is 0 Å². The Bertz CT molecular complexity index is 608. The molecule has 0 bridgehead atoms. The van der Waals surface area contributed by atoms with Crippen LogP contribution in [-0.2, 0) is 0 Å². The number of ether oxygens (including phenoxy) is 1. The zero-order chi connectivity index (χ0) is 15.1. The predicted octanol–water partition coefficient (Wildman–Crippen LogP) is 2.86. The SMILES string of the molecule is COc1ncccc1[C@H](CCO)[C@@H](C#N)c1ccccc1. The number of methoxy groups -OCH3 is 1. The molecule has 0 aliphatic heterocycles. The summed E-state index contributed by atoms with van der Waals surface area (Å²) >= 11 is 0. The average Bonchev–Trinajstić information content (AvgIpc) is 2.55. The van der Waals surface area contributed by atoms with Crippen LogP contribution in [0.25, 0.3) is 0 Å². The van der Waals surface area contributed by atoms with Crippen LogP contribution >= 0.6 is 0 Å². The summed E-state index contributed by atoms with van der Waals surface area (Å²) in [5.41, 5.74) is 1.79. The molecular weight excluding hydrogens is 264 g/mol. The molecule has 4 heteroatoms. The smallest absolute Gasteiger partial charge is 0.216 e. The molecule has 1 aromatic heterocycles. The maximum Gasteiger partial charge on any atom is 0.216 e. The summed E-state index contributed by atoms with van der Waals surface area (Å²) in [4.78, 5) is 4.20. The van der Waals surface area contributed by atoms with Crippen LogP contribution in [-0.4, -0.2) is 23.8 Å². The van der Waals surface area contributed by atoms with Crippen molar-refractivity contribution < 1.29 is 9.84 Å². The van der Waals surface area contributed by atoms with Crippen LogP contribution in [0.4, 0.5) is 0 Å². The van der Waals surface area contributed by atoms with E-state index in [-0.39, 0.29) is 18.4 Å². The first-order valence-corrected chi connectivity index (χ1v) is 6.86. The third-order valence-electron chi connectivity index (χ3n) is 3.53. The molecule has 1 N–H and O–H groups in total. The molecule has 1 aromatic carbocycles. The Morgan fingerprint density at radius 3 is 2.62 bits per heavy atom. The number of hydrogen-bond acceptors (Lipinski definition) is 4. The lowest BCUT2D eigenvalue weighted by Gasteiger charge is -2.23. The van der Waals surface area contributed by atoms with Crippen molar-refractivity contribution >= 4 is 0 Å². The first kappa shape index (κ1) is 15.0. The van der Waals surface area contributed by atoms with Crippen LogP contribution in [0.1, 0.15) is 29.4 Å². The lowest BCUT2D eigenvalue weighted by Crippen LogP contribution is -2.13. The Morgan fingerprint density at radius 1 is 1.24 bits per heavy atom. The highest BCUT2D eigenvalue weighted by molar-refractivity contribution is 5.37. The van der Waals surface area contributed by atoms with E-state index in [4.69, 9.17) is 4.74 Å². The fraction of sp³-hybridized carbons (Fsp3) is 0.294. The van der Waals surface area contributed by atoms with Gasteiger partial charge in [0.15, 0.2) is 0 Å². The Hall–Kier alpha value is -2.38. The lowest BCUT2D eigenvalue weighted by molar-refractivity contribution is 0.270. The van der Waals surface area contributed by atoms with Crippen molar-refractivity contribution in [2.24, 2.45) is 0 Å². The molecule has 0 fully saturated rings. The quantitative estimate of drug-likeness (QED) is 0.884. The van der Waals surface area contributed by atoms with Crippen LogP contribution < -0.4 is 4.74 Å². The number of aromatic nitrogens is 1. The summed E-state index contributed by atoms with van der Waals surface area (Å²) in [6.07, 6.45) is 2.14. The molecule has 1 heterocycles. The van der Waals surface area contributed by atoms with Gasteiger partial charge in [-0.3, -0.25) is 0 Å². The third-order valence-corrected chi connectivity index (χ3v) is 3.53. The number of pyridine rings is 1. The maximum atomic E-state index is 9.61. The van der Waals surface area contributed by atoms with Gasteiger partial charge in [0.05, 0.1) is 19.1 Å². The number of nitrogens with zero attached hydrogens (tertiary/aromatic N) is 2. The Kier molecular flexibility index (Phi) is 5.30. The summed E-state index contributed by atoms with van der Waals surface area (Å²) in [5, 5.41) is 19.0. The van der Waals surface area contributed by atoms with E-state index < -0.39 is 0 Å². The molecule has 0 radical (unpaired) electrons. The molecule has 0 spiro atoms. The number of aliphatic hydroxyl groups excluding tert-OH is 1. The van der Waals surface area contributed by atoms with Crippen molar-refractivity contribution in [1.29, 1.82) is 5.26 Å². The van der Waals surface area contributed by atoms with Gasteiger partial charge in [-0.15, -0.1) is 0 Å². The van der Waals surface area contributed by atoms with Crippen LogP contribution in [0.3, 0.4) is 0 Å². The molecular formula is C17H18N2O2. The molecule has 0 saturated heterocycles. The van der Waals surface area contributed by atoms with E-state index in [1.54, 1.807) is 13.3 Å². The lowest BCUT2D eigenvalue weighted by atomic mass is 9.81. The third kappa shape index (κ3) is 3.39. The topological polar surface area (TPSA) is 66.1 Å². The van der Waals surface area contributed by atoms with E-state index in [2.05, 4.69) is 11.1 Å². The summed E-state index contributed by atoms with van der Waals surface area (Å²) in [5.74, 6) is -0.00497. The van der Waals surface area contributed by atoms with Crippen molar-refractivity contribution in [3.63, 3.8) is 0 Å². The summed E-state index contributed by atoms with van der Waals surface area (Å²) in [6.45, 7) is 0.00767. The normalized spacial score (nSPS) is 13.2. The van der Waals surface area contributed by atoms with Crippen molar-refractivity contribution in [3.05, 3.63) is 59.8 Å². The molecule has 0 unspecified atom stereocenters. The second-order valence-electron chi connectivity index (χ2n) is 4.74. The van der Waals surface area contributed by atoms with Gasteiger partial charge >= 0.3 is 0 Å². The van der Waals surface area contributed by atoms with E-state index in [1.165, 1.54) is 0 Å². The average molecular weight is 282 g/mol. The van der Waals surface area contributed by atoms with E-state index >= 15 is 0 Å². The monoisotopic (exact) mass is 282 g/mol. The van der Waals surface area contributed by atoms with E-state index in [0.717, 1.165) is 11.1 Å². The Labute approximate surface area is 124 Å². The number of nitriles is 1. The second-order valence-corrected chi connectivity index (χ2v) is 4.74. The van der Waals surface area contributed by atoms with Gasteiger partial charge in [0.25, 0.3) is 0 Å². The van der Waals surface area contributed by atoms with Gasteiger partial charge in [0, 0.05) is 24.3 Å². The zero-order valence-electron chi connectivity index (χ0n) is 11.9. The van der Waals surface area contributed by atoms with Crippen LogP contribution in [0.5, 0.6) is 5.88 Å². The van der Waals surface area contributed by atoms with E-state index in [0.29, 0.717) is 12.3 Å².